The van der Waals surface area contributed by atoms with E-state index in [4.69, 9.17) is 5.73 Å². The Hall–Kier alpha value is -1.03. The van der Waals surface area contributed by atoms with Crippen molar-refractivity contribution in [3.63, 3.8) is 0 Å². The minimum atomic E-state index is -0.0612. The third kappa shape index (κ3) is 1.75. The van der Waals surface area contributed by atoms with Gasteiger partial charge in [0.15, 0.2) is 0 Å². The summed E-state index contributed by atoms with van der Waals surface area (Å²) in [6.45, 7) is 9.09. The molecule has 4 heteroatoms. The van der Waals surface area contributed by atoms with Crippen molar-refractivity contribution >= 4 is 0 Å². The van der Waals surface area contributed by atoms with E-state index in [0.29, 0.717) is 18.7 Å². The van der Waals surface area contributed by atoms with Crippen LogP contribution in [0.5, 0.6) is 0 Å². The van der Waals surface area contributed by atoms with Crippen molar-refractivity contribution in [1.29, 1.82) is 0 Å². The van der Waals surface area contributed by atoms with Crippen LogP contribution in [0.1, 0.15) is 39.0 Å². The highest BCUT2D eigenvalue weighted by Gasteiger charge is 2.22. The number of H-pyrrole nitrogens is 1. The Labute approximate surface area is 84.1 Å². The number of hydrogen-bond donors (Lipinski definition) is 2. The van der Waals surface area contributed by atoms with E-state index < -0.39 is 0 Å². The fraction of sp³-hybridized carbons (Fsp3) is 0.700. The lowest BCUT2D eigenvalue weighted by Gasteiger charge is -2.17. The van der Waals surface area contributed by atoms with Gasteiger partial charge in [-0.2, -0.15) is 0 Å². The fourth-order valence-electron chi connectivity index (χ4n) is 1.56. The predicted molar refractivity (Wildman–Crippen MR) is 57.3 cm³/mol. The van der Waals surface area contributed by atoms with E-state index in [-0.39, 0.29) is 11.0 Å². The predicted octanol–water partition coefficient (Wildman–Crippen LogP) is 0.952. The third-order valence-corrected chi connectivity index (χ3v) is 2.32. The Kier molecular flexibility index (Phi) is 2.85. The zero-order chi connectivity index (χ0) is 10.9. The van der Waals surface area contributed by atoms with Crippen molar-refractivity contribution in [3.05, 3.63) is 21.6 Å². The molecule has 0 atom stereocenters. The van der Waals surface area contributed by atoms with Gasteiger partial charge in [-0.15, -0.1) is 0 Å². The molecule has 0 saturated heterocycles. The molecule has 1 heterocycles. The standard InChI is InChI=1S/C10H19N3O/c1-5-13-9(14)7(6-11)8(12-13)10(2,3)4/h12H,5-6,11H2,1-4H3. The van der Waals surface area contributed by atoms with E-state index in [1.54, 1.807) is 4.68 Å². The normalized spacial score (nSPS) is 12.1. The molecule has 1 aromatic heterocycles. The summed E-state index contributed by atoms with van der Waals surface area (Å²) < 4.78 is 1.60. The largest absolute Gasteiger partial charge is 0.326 e. The van der Waals surface area contributed by atoms with Crippen LogP contribution >= 0.6 is 0 Å². The number of nitrogens with one attached hydrogen (secondary N) is 1. The van der Waals surface area contributed by atoms with Gasteiger partial charge in [-0.3, -0.25) is 14.6 Å². The molecule has 1 aromatic rings. The Morgan fingerprint density at radius 3 is 2.29 bits per heavy atom. The van der Waals surface area contributed by atoms with Crippen molar-refractivity contribution in [1.82, 2.24) is 9.78 Å². The highest BCUT2D eigenvalue weighted by Crippen LogP contribution is 2.21. The van der Waals surface area contributed by atoms with Crippen molar-refractivity contribution < 1.29 is 0 Å². The molecule has 3 N–H and O–H groups in total. The first-order chi connectivity index (χ1) is 6.41. The van der Waals surface area contributed by atoms with Crippen LogP contribution in [0.25, 0.3) is 0 Å². The van der Waals surface area contributed by atoms with Crippen LogP contribution in [0.3, 0.4) is 0 Å². The molecule has 0 aliphatic rings. The van der Waals surface area contributed by atoms with Crippen LogP contribution in [0.15, 0.2) is 4.79 Å². The first-order valence-corrected chi connectivity index (χ1v) is 4.94. The van der Waals surface area contributed by atoms with Gasteiger partial charge in [-0.1, -0.05) is 20.8 Å². The summed E-state index contributed by atoms with van der Waals surface area (Å²) in [5.74, 6) is 0. The van der Waals surface area contributed by atoms with Gasteiger partial charge in [0.05, 0.1) is 5.56 Å². The monoisotopic (exact) mass is 197 g/mol. The second-order valence-corrected chi connectivity index (χ2v) is 4.47. The van der Waals surface area contributed by atoms with E-state index in [2.05, 4.69) is 25.9 Å². The SMILES string of the molecule is CCn1[nH]c(C(C)(C)C)c(CN)c1=O. The van der Waals surface area contributed by atoms with Crippen molar-refractivity contribution in [3.8, 4) is 0 Å². The Morgan fingerprint density at radius 1 is 1.43 bits per heavy atom. The smallest absolute Gasteiger partial charge is 0.271 e. The fourth-order valence-corrected chi connectivity index (χ4v) is 1.56. The summed E-state index contributed by atoms with van der Waals surface area (Å²) in [4.78, 5) is 11.8. The number of nitrogens with two attached hydrogens (primary N) is 1. The summed E-state index contributed by atoms with van der Waals surface area (Å²) in [5, 5.41) is 3.11. The number of nitrogens with zero attached hydrogens (tertiary/aromatic N) is 1. The third-order valence-electron chi connectivity index (χ3n) is 2.32. The molecule has 0 unspecified atom stereocenters. The van der Waals surface area contributed by atoms with Gasteiger partial charge in [0.25, 0.3) is 5.56 Å². The van der Waals surface area contributed by atoms with E-state index in [1.807, 2.05) is 6.92 Å². The highest BCUT2D eigenvalue weighted by atomic mass is 16.1. The van der Waals surface area contributed by atoms with Crippen molar-refractivity contribution in [2.75, 3.05) is 0 Å². The maximum atomic E-state index is 11.8. The van der Waals surface area contributed by atoms with Gasteiger partial charge in [0.1, 0.15) is 0 Å². The van der Waals surface area contributed by atoms with Gasteiger partial charge in [0, 0.05) is 24.2 Å². The van der Waals surface area contributed by atoms with Gasteiger partial charge in [-0.25, -0.2) is 0 Å². The van der Waals surface area contributed by atoms with E-state index in [0.717, 1.165) is 5.69 Å². The van der Waals surface area contributed by atoms with E-state index in [9.17, 15) is 4.79 Å². The van der Waals surface area contributed by atoms with Crippen LogP contribution in [-0.2, 0) is 18.5 Å². The molecular weight excluding hydrogens is 178 g/mol. The second-order valence-electron chi connectivity index (χ2n) is 4.47. The molecule has 4 nitrogen and oxygen atoms in total. The van der Waals surface area contributed by atoms with Crippen LogP contribution in [0.2, 0.25) is 0 Å². The molecule has 80 valence electrons. The molecule has 0 aliphatic carbocycles. The van der Waals surface area contributed by atoms with Crippen molar-refractivity contribution in [2.24, 2.45) is 5.73 Å². The summed E-state index contributed by atoms with van der Waals surface area (Å²) in [7, 11) is 0. The lowest BCUT2D eigenvalue weighted by atomic mass is 9.89. The minimum Gasteiger partial charge on any atom is -0.326 e. The van der Waals surface area contributed by atoms with Crippen LogP contribution in [0.4, 0.5) is 0 Å². The average Bonchev–Trinajstić information content (AvgIpc) is 2.41. The molecule has 0 bridgehead atoms. The Balaban J connectivity index is 3.38. The summed E-state index contributed by atoms with van der Waals surface area (Å²) in [6, 6.07) is 0. The molecule has 0 aromatic carbocycles. The second kappa shape index (κ2) is 3.61. The molecule has 0 saturated carbocycles. The molecule has 1 rings (SSSR count). The summed E-state index contributed by atoms with van der Waals surface area (Å²) in [5.41, 5.74) is 7.19. The first-order valence-electron chi connectivity index (χ1n) is 4.94. The molecule has 14 heavy (non-hydrogen) atoms. The molecule has 0 fully saturated rings. The van der Waals surface area contributed by atoms with Crippen LogP contribution in [0, 0.1) is 0 Å². The van der Waals surface area contributed by atoms with Gasteiger partial charge >= 0.3 is 0 Å². The lowest BCUT2D eigenvalue weighted by molar-refractivity contribution is 0.535. The number of hydrogen-bond acceptors (Lipinski definition) is 2. The number of aryl methyl sites for hydroxylation is 1. The maximum absolute atomic E-state index is 11.8. The number of aromatic amines is 1. The minimum absolute atomic E-state index is 0.0138. The van der Waals surface area contributed by atoms with Crippen LogP contribution in [-0.4, -0.2) is 9.78 Å². The summed E-state index contributed by atoms with van der Waals surface area (Å²) in [6.07, 6.45) is 0. The zero-order valence-corrected chi connectivity index (χ0v) is 9.35. The first kappa shape index (κ1) is 11.0. The van der Waals surface area contributed by atoms with E-state index in [1.165, 1.54) is 0 Å². The molecule has 0 amide bonds. The maximum Gasteiger partial charge on any atom is 0.271 e. The molecular formula is C10H19N3O. The van der Waals surface area contributed by atoms with Crippen LogP contribution < -0.4 is 11.3 Å². The van der Waals surface area contributed by atoms with Gasteiger partial charge in [-0.05, 0) is 6.92 Å². The number of rotatable bonds is 2. The number of aromatic nitrogens is 2. The van der Waals surface area contributed by atoms with Gasteiger partial charge < -0.3 is 5.73 Å². The molecule has 0 radical (unpaired) electrons. The Morgan fingerprint density at radius 2 is 2.00 bits per heavy atom. The highest BCUT2D eigenvalue weighted by molar-refractivity contribution is 5.23. The van der Waals surface area contributed by atoms with Gasteiger partial charge in [0.2, 0.25) is 0 Å². The zero-order valence-electron chi connectivity index (χ0n) is 9.35. The topological polar surface area (TPSA) is 63.8 Å². The lowest BCUT2D eigenvalue weighted by Crippen LogP contribution is -2.21. The summed E-state index contributed by atoms with van der Waals surface area (Å²) >= 11 is 0. The Bertz CT molecular complexity index is 368. The molecule has 0 aliphatic heterocycles. The quantitative estimate of drug-likeness (QED) is 0.741. The molecule has 0 spiro atoms. The van der Waals surface area contributed by atoms with E-state index >= 15 is 0 Å². The van der Waals surface area contributed by atoms with Crippen molar-refractivity contribution in [2.45, 2.75) is 46.2 Å². The average molecular weight is 197 g/mol.